The molecule has 2 rings (SSSR count). The summed E-state index contributed by atoms with van der Waals surface area (Å²) in [4.78, 5) is 8.07. The number of thiocarbonyl (C=S) groups is 1. The van der Waals surface area contributed by atoms with Crippen LogP contribution in [0.5, 0.6) is 11.8 Å². The Morgan fingerprint density at radius 1 is 1.19 bits per heavy atom. The fourth-order valence-corrected chi connectivity index (χ4v) is 1.64. The first-order valence-corrected chi connectivity index (χ1v) is 6.17. The van der Waals surface area contributed by atoms with Gasteiger partial charge in [-0.05, 0) is 37.3 Å². The second-order valence-corrected chi connectivity index (χ2v) is 4.61. The summed E-state index contributed by atoms with van der Waals surface area (Å²) in [5, 5.41) is 0. The van der Waals surface area contributed by atoms with Crippen LogP contribution in [-0.4, -0.2) is 15.0 Å². The zero-order chi connectivity index (χ0) is 15.6. The molecule has 1 heterocycles. The minimum absolute atomic E-state index is 0.0300. The van der Waals surface area contributed by atoms with Crippen LogP contribution >= 0.6 is 12.2 Å². The van der Waals surface area contributed by atoms with Gasteiger partial charge in [0.2, 0.25) is 0 Å². The van der Waals surface area contributed by atoms with Crippen LogP contribution in [0.1, 0.15) is 17.0 Å². The third kappa shape index (κ3) is 3.88. The van der Waals surface area contributed by atoms with Crippen LogP contribution in [0.25, 0.3) is 0 Å². The third-order valence-electron chi connectivity index (χ3n) is 2.48. The maximum Gasteiger partial charge on any atom is 0.416 e. The molecule has 0 saturated heterocycles. The molecule has 0 saturated carbocycles. The van der Waals surface area contributed by atoms with Gasteiger partial charge in [-0.1, -0.05) is 12.2 Å². The van der Waals surface area contributed by atoms with Gasteiger partial charge in [-0.3, -0.25) is 0 Å². The Morgan fingerprint density at radius 2 is 1.81 bits per heavy atom. The van der Waals surface area contributed by atoms with Gasteiger partial charge in [0.25, 0.3) is 0 Å². The summed E-state index contributed by atoms with van der Waals surface area (Å²) in [6.07, 6.45) is -4.39. The Bertz CT molecular complexity index is 671. The first kappa shape index (κ1) is 15.2. The maximum atomic E-state index is 12.4. The number of aromatic nitrogens is 2. The Labute approximate surface area is 123 Å². The summed E-state index contributed by atoms with van der Waals surface area (Å²) in [6.45, 7) is 1.70. The largest absolute Gasteiger partial charge is 0.424 e. The number of hydrogen-bond donors (Lipinski definition) is 1. The number of benzene rings is 1. The van der Waals surface area contributed by atoms with E-state index >= 15 is 0 Å². The molecule has 0 atom stereocenters. The molecule has 2 aromatic rings. The number of rotatable bonds is 3. The number of hydrogen-bond acceptors (Lipinski definition) is 4. The second-order valence-electron chi connectivity index (χ2n) is 4.17. The van der Waals surface area contributed by atoms with E-state index in [1.165, 1.54) is 12.1 Å². The number of alkyl halides is 3. The monoisotopic (exact) mass is 313 g/mol. The standard InChI is InChI=1S/C13H10F3N3OS/c1-7-6-10(11(17)21)19-12(18-7)20-9-4-2-8(3-5-9)13(14,15)16/h2-6H,1H3,(H2,17,21). The molecule has 21 heavy (non-hydrogen) atoms. The van der Waals surface area contributed by atoms with Gasteiger partial charge in [-0.2, -0.15) is 18.2 Å². The quantitative estimate of drug-likeness (QED) is 0.882. The van der Waals surface area contributed by atoms with Crippen molar-refractivity contribution in [3.63, 3.8) is 0 Å². The minimum atomic E-state index is -4.39. The lowest BCUT2D eigenvalue weighted by molar-refractivity contribution is -0.137. The van der Waals surface area contributed by atoms with Crippen LogP contribution in [-0.2, 0) is 6.18 Å². The van der Waals surface area contributed by atoms with E-state index in [1.54, 1.807) is 13.0 Å². The molecule has 0 amide bonds. The van der Waals surface area contributed by atoms with E-state index in [0.717, 1.165) is 12.1 Å². The first-order chi connectivity index (χ1) is 9.75. The van der Waals surface area contributed by atoms with Crippen LogP contribution in [0, 0.1) is 6.92 Å². The lowest BCUT2D eigenvalue weighted by atomic mass is 10.2. The molecule has 0 radical (unpaired) electrons. The van der Waals surface area contributed by atoms with E-state index in [1.807, 2.05) is 0 Å². The number of halogens is 3. The van der Waals surface area contributed by atoms with Crippen molar-refractivity contribution in [1.29, 1.82) is 0 Å². The zero-order valence-corrected chi connectivity index (χ0v) is 11.6. The van der Waals surface area contributed by atoms with E-state index in [0.29, 0.717) is 11.4 Å². The summed E-state index contributed by atoms with van der Waals surface area (Å²) in [6, 6.07) is 5.77. The molecule has 0 fully saturated rings. The summed E-state index contributed by atoms with van der Waals surface area (Å²) in [5.74, 6) is 0.183. The van der Waals surface area contributed by atoms with Crippen molar-refractivity contribution in [3.8, 4) is 11.8 Å². The van der Waals surface area contributed by atoms with Crippen LogP contribution in [0.2, 0.25) is 0 Å². The smallest absolute Gasteiger partial charge is 0.416 e. The van der Waals surface area contributed by atoms with Crippen LogP contribution in [0.15, 0.2) is 30.3 Å². The number of ether oxygens (including phenoxy) is 1. The summed E-state index contributed by atoms with van der Waals surface area (Å²) < 4.78 is 42.7. The van der Waals surface area contributed by atoms with Crippen molar-refractivity contribution >= 4 is 17.2 Å². The van der Waals surface area contributed by atoms with Crippen molar-refractivity contribution in [2.75, 3.05) is 0 Å². The molecule has 0 spiro atoms. The maximum absolute atomic E-state index is 12.4. The number of nitrogens with two attached hydrogens (primary N) is 1. The van der Waals surface area contributed by atoms with Crippen molar-refractivity contribution in [2.24, 2.45) is 5.73 Å². The van der Waals surface area contributed by atoms with E-state index in [9.17, 15) is 13.2 Å². The highest BCUT2D eigenvalue weighted by atomic mass is 32.1. The lowest BCUT2D eigenvalue weighted by Gasteiger charge is -2.09. The lowest BCUT2D eigenvalue weighted by Crippen LogP contribution is -2.13. The molecule has 0 aliphatic carbocycles. The normalized spacial score (nSPS) is 11.2. The molecular formula is C13H10F3N3OS. The Morgan fingerprint density at radius 3 is 2.33 bits per heavy atom. The second kappa shape index (κ2) is 5.65. The van der Waals surface area contributed by atoms with Gasteiger partial charge in [0.15, 0.2) is 0 Å². The van der Waals surface area contributed by atoms with Crippen molar-refractivity contribution in [1.82, 2.24) is 9.97 Å². The fourth-order valence-electron chi connectivity index (χ4n) is 1.53. The van der Waals surface area contributed by atoms with Gasteiger partial charge in [-0.25, -0.2) is 4.98 Å². The van der Waals surface area contributed by atoms with Crippen LogP contribution in [0.3, 0.4) is 0 Å². The summed E-state index contributed by atoms with van der Waals surface area (Å²) in [5.41, 5.74) is 5.62. The van der Waals surface area contributed by atoms with Crippen LogP contribution in [0.4, 0.5) is 13.2 Å². The van der Waals surface area contributed by atoms with E-state index in [4.69, 9.17) is 22.7 Å². The van der Waals surface area contributed by atoms with Gasteiger partial charge in [-0.15, -0.1) is 0 Å². The highest BCUT2D eigenvalue weighted by Crippen LogP contribution is 2.30. The van der Waals surface area contributed by atoms with Gasteiger partial charge < -0.3 is 10.5 Å². The summed E-state index contributed by atoms with van der Waals surface area (Å²) in [7, 11) is 0. The van der Waals surface area contributed by atoms with E-state index < -0.39 is 11.7 Å². The van der Waals surface area contributed by atoms with Crippen LogP contribution < -0.4 is 10.5 Å². The zero-order valence-electron chi connectivity index (χ0n) is 10.8. The average molecular weight is 313 g/mol. The van der Waals surface area contributed by atoms with Gasteiger partial charge >= 0.3 is 12.2 Å². The topological polar surface area (TPSA) is 61.0 Å². The SMILES string of the molecule is Cc1cc(C(N)=S)nc(Oc2ccc(C(F)(F)F)cc2)n1. The van der Waals surface area contributed by atoms with Crippen molar-refractivity contribution < 1.29 is 17.9 Å². The van der Waals surface area contributed by atoms with Crippen molar-refractivity contribution in [2.45, 2.75) is 13.1 Å². The Balaban J connectivity index is 2.24. The average Bonchev–Trinajstić information content (AvgIpc) is 2.37. The molecule has 2 N–H and O–H groups in total. The third-order valence-corrected chi connectivity index (χ3v) is 2.69. The number of nitrogens with zero attached hydrogens (tertiary/aromatic N) is 2. The molecule has 110 valence electrons. The molecule has 1 aromatic carbocycles. The predicted octanol–water partition coefficient (Wildman–Crippen LogP) is 3.23. The van der Waals surface area contributed by atoms with Gasteiger partial charge in [0.1, 0.15) is 16.4 Å². The van der Waals surface area contributed by atoms with Gasteiger partial charge in [0, 0.05) is 5.69 Å². The molecule has 0 aliphatic heterocycles. The minimum Gasteiger partial charge on any atom is -0.424 e. The highest BCUT2D eigenvalue weighted by Gasteiger charge is 2.30. The molecule has 0 aliphatic rings. The highest BCUT2D eigenvalue weighted by molar-refractivity contribution is 7.80. The summed E-state index contributed by atoms with van der Waals surface area (Å²) >= 11 is 4.81. The molecule has 4 nitrogen and oxygen atoms in total. The Kier molecular flexibility index (Phi) is 4.08. The van der Waals surface area contributed by atoms with E-state index in [-0.39, 0.29) is 16.7 Å². The molecule has 1 aromatic heterocycles. The fraction of sp³-hybridized carbons (Fsp3) is 0.154. The molecule has 0 unspecified atom stereocenters. The first-order valence-electron chi connectivity index (χ1n) is 5.76. The van der Waals surface area contributed by atoms with Crippen molar-refractivity contribution in [3.05, 3.63) is 47.3 Å². The molecule has 0 bridgehead atoms. The number of aryl methyl sites for hydroxylation is 1. The predicted molar refractivity (Wildman–Crippen MR) is 74.2 cm³/mol. The Hall–Kier alpha value is -2.22. The molecule has 8 heteroatoms. The van der Waals surface area contributed by atoms with E-state index in [2.05, 4.69) is 9.97 Å². The van der Waals surface area contributed by atoms with Gasteiger partial charge in [0.05, 0.1) is 5.56 Å². The molecular weight excluding hydrogens is 303 g/mol.